The molecule has 0 aromatic carbocycles. The van der Waals surface area contributed by atoms with Gasteiger partial charge in [0.25, 0.3) is 0 Å². The lowest BCUT2D eigenvalue weighted by atomic mass is 9.91. The van der Waals surface area contributed by atoms with Crippen LogP contribution in [0.3, 0.4) is 0 Å². The van der Waals surface area contributed by atoms with Gasteiger partial charge in [0.2, 0.25) is 0 Å². The summed E-state index contributed by atoms with van der Waals surface area (Å²) in [6.07, 6.45) is 8.47. The molecular weight excluding hydrogens is 148 g/mol. The molecule has 0 rings (SSSR count). The van der Waals surface area contributed by atoms with Gasteiger partial charge in [-0.2, -0.15) is 0 Å². The highest BCUT2D eigenvalue weighted by Crippen LogP contribution is 2.15. The first kappa shape index (κ1) is 11.5. The number of terminal acetylenes is 1. The first-order valence-electron chi connectivity index (χ1n) is 4.63. The molecule has 0 aliphatic heterocycles. The highest BCUT2D eigenvalue weighted by molar-refractivity contribution is 4.94. The van der Waals surface area contributed by atoms with Gasteiger partial charge in [0, 0.05) is 12.1 Å². The quantitative estimate of drug-likeness (QED) is 0.583. The Bertz CT molecular complexity index is 142. The molecule has 1 unspecified atom stereocenters. The Morgan fingerprint density at radius 1 is 1.50 bits per heavy atom. The van der Waals surface area contributed by atoms with Crippen LogP contribution < -0.4 is 11.1 Å². The smallest absolute Gasteiger partial charge is 0.0578 e. The van der Waals surface area contributed by atoms with E-state index in [1.807, 2.05) is 0 Å². The van der Waals surface area contributed by atoms with Crippen LogP contribution in [0.5, 0.6) is 0 Å². The van der Waals surface area contributed by atoms with Gasteiger partial charge < -0.3 is 5.73 Å². The van der Waals surface area contributed by atoms with Gasteiger partial charge in [0.15, 0.2) is 0 Å². The highest BCUT2D eigenvalue weighted by atomic mass is 15.0. The molecule has 0 amide bonds. The van der Waals surface area contributed by atoms with Gasteiger partial charge in [-0.25, -0.2) is 0 Å². The molecule has 3 N–H and O–H groups in total. The Morgan fingerprint density at radius 2 is 2.17 bits per heavy atom. The molecule has 0 aliphatic rings. The molecule has 0 aliphatic carbocycles. The van der Waals surface area contributed by atoms with E-state index in [9.17, 15) is 0 Å². The Balaban J connectivity index is 4.06. The molecule has 0 saturated heterocycles. The topological polar surface area (TPSA) is 38.0 Å². The minimum atomic E-state index is 0.0706. The van der Waals surface area contributed by atoms with Crippen molar-refractivity contribution in [3.63, 3.8) is 0 Å². The van der Waals surface area contributed by atoms with Gasteiger partial charge in [-0.15, -0.1) is 6.42 Å². The number of hydrogen-bond donors (Lipinski definition) is 2. The molecule has 0 spiro atoms. The molecule has 0 bridgehead atoms. The zero-order valence-electron chi connectivity index (χ0n) is 8.19. The fraction of sp³-hybridized carbons (Fsp3) is 0.800. The minimum absolute atomic E-state index is 0.0706. The Hall–Kier alpha value is -0.520. The van der Waals surface area contributed by atoms with Gasteiger partial charge >= 0.3 is 0 Å². The van der Waals surface area contributed by atoms with E-state index >= 15 is 0 Å². The zero-order chi connectivity index (χ0) is 9.45. The van der Waals surface area contributed by atoms with Crippen LogP contribution in [0, 0.1) is 12.3 Å². The predicted octanol–water partition coefficient (Wildman–Crippen LogP) is 1.12. The van der Waals surface area contributed by atoms with Crippen molar-refractivity contribution < 1.29 is 0 Å². The molecular formula is C10H20N2. The monoisotopic (exact) mass is 168 g/mol. The van der Waals surface area contributed by atoms with E-state index in [4.69, 9.17) is 12.2 Å². The van der Waals surface area contributed by atoms with Crippen LogP contribution in [0.2, 0.25) is 0 Å². The second-order valence-corrected chi connectivity index (χ2v) is 3.15. The molecule has 0 heterocycles. The summed E-state index contributed by atoms with van der Waals surface area (Å²) in [6.45, 7) is 5.59. The fourth-order valence-corrected chi connectivity index (χ4v) is 1.43. The van der Waals surface area contributed by atoms with E-state index in [2.05, 4.69) is 25.1 Å². The third kappa shape index (κ3) is 3.25. The average molecular weight is 168 g/mol. The van der Waals surface area contributed by atoms with Gasteiger partial charge in [0.1, 0.15) is 0 Å². The van der Waals surface area contributed by atoms with Crippen molar-refractivity contribution in [1.29, 1.82) is 0 Å². The van der Waals surface area contributed by atoms with Crippen LogP contribution in [0.25, 0.3) is 0 Å². The molecule has 0 radical (unpaired) electrons. The summed E-state index contributed by atoms with van der Waals surface area (Å²) in [7, 11) is 0. The molecule has 0 aromatic heterocycles. The molecule has 12 heavy (non-hydrogen) atoms. The van der Waals surface area contributed by atoms with Gasteiger partial charge in [-0.1, -0.05) is 26.2 Å². The van der Waals surface area contributed by atoms with E-state index < -0.39 is 0 Å². The van der Waals surface area contributed by atoms with Crippen molar-refractivity contribution in [2.24, 2.45) is 5.73 Å². The maximum absolute atomic E-state index is 5.71. The lowest BCUT2D eigenvalue weighted by molar-refractivity contribution is 0.309. The molecule has 2 heteroatoms. The summed E-state index contributed by atoms with van der Waals surface area (Å²) in [5.74, 6) is 2.58. The van der Waals surface area contributed by atoms with Crippen molar-refractivity contribution in [3.05, 3.63) is 0 Å². The second-order valence-electron chi connectivity index (χ2n) is 3.15. The molecule has 0 fully saturated rings. The summed E-state index contributed by atoms with van der Waals surface area (Å²) in [5.41, 5.74) is 5.78. The summed E-state index contributed by atoms with van der Waals surface area (Å²) in [4.78, 5) is 0. The molecule has 0 saturated carbocycles. The van der Waals surface area contributed by atoms with E-state index in [-0.39, 0.29) is 5.54 Å². The maximum Gasteiger partial charge on any atom is 0.0578 e. The lowest BCUT2D eigenvalue weighted by Gasteiger charge is -2.31. The fourth-order valence-electron chi connectivity index (χ4n) is 1.43. The highest BCUT2D eigenvalue weighted by Gasteiger charge is 2.23. The summed E-state index contributed by atoms with van der Waals surface area (Å²) >= 11 is 0. The molecule has 70 valence electrons. The second kappa shape index (κ2) is 6.05. The van der Waals surface area contributed by atoms with Gasteiger partial charge in [-0.3, -0.25) is 5.32 Å². The minimum Gasteiger partial charge on any atom is -0.329 e. The zero-order valence-corrected chi connectivity index (χ0v) is 8.19. The average Bonchev–Trinajstić information content (AvgIpc) is 2.13. The van der Waals surface area contributed by atoms with Crippen molar-refractivity contribution in [2.75, 3.05) is 13.1 Å². The summed E-state index contributed by atoms with van der Waals surface area (Å²) < 4.78 is 0. The van der Waals surface area contributed by atoms with Crippen molar-refractivity contribution >= 4 is 0 Å². The van der Waals surface area contributed by atoms with Crippen LogP contribution >= 0.6 is 0 Å². The third-order valence-electron chi connectivity index (χ3n) is 2.36. The number of nitrogens with two attached hydrogens (primary N) is 1. The van der Waals surface area contributed by atoms with E-state index in [1.165, 1.54) is 0 Å². The first-order chi connectivity index (χ1) is 5.74. The van der Waals surface area contributed by atoms with Crippen LogP contribution in [0.1, 0.15) is 33.1 Å². The SMILES string of the molecule is C#CCNC(CC)(CN)CCC. The third-order valence-corrected chi connectivity index (χ3v) is 2.36. The lowest BCUT2D eigenvalue weighted by Crippen LogP contribution is -2.50. The van der Waals surface area contributed by atoms with Crippen molar-refractivity contribution in [1.82, 2.24) is 5.32 Å². The summed E-state index contributed by atoms with van der Waals surface area (Å²) in [5, 5.41) is 3.32. The van der Waals surface area contributed by atoms with Crippen LogP contribution in [0.4, 0.5) is 0 Å². The Morgan fingerprint density at radius 3 is 2.50 bits per heavy atom. The first-order valence-corrected chi connectivity index (χ1v) is 4.63. The number of rotatable bonds is 6. The normalized spacial score (nSPS) is 15.2. The van der Waals surface area contributed by atoms with Crippen molar-refractivity contribution in [3.8, 4) is 12.3 Å². The molecule has 1 atom stereocenters. The van der Waals surface area contributed by atoms with E-state index in [0.717, 1.165) is 19.3 Å². The predicted molar refractivity (Wildman–Crippen MR) is 53.8 cm³/mol. The standard InChI is InChI=1S/C10H20N2/c1-4-7-10(6-3,9-11)12-8-5-2/h2,12H,4,6-9,11H2,1,3H3. The van der Waals surface area contributed by atoms with Gasteiger partial charge in [0.05, 0.1) is 6.54 Å². The Labute approximate surface area is 75.9 Å². The summed E-state index contributed by atoms with van der Waals surface area (Å²) in [6, 6.07) is 0. The molecule has 0 aromatic rings. The van der Waals surface area contributed by atoms with Crippen LogP contribution in [0.15, 0.2) is 0 Å². The Kier molecular flexibility index (Phi) is 5.79. The van der Waals surface area contributed by atoms with Crippen LogP contribution in [-0.4, -0.2) is 18.6 Å². The maximum atomic E-state index is 5.71. The molecule has 2 nitrogen and oxygen atoms in total. The number of hydrogen-bond acceptors (Lipinski definition) is 2. The largest absolute Gasteiger partial charge is 0.329 e. The van der Waals surface area contributed by atoms with Crippen LogP contribution in [-0.2, 0) is 0 Å². The number of nitrogens with one attached hydrogen (secondary N) is 1. The van der Waals surface area contributed by atoms with Crippen molar-refractivity contribution in [2.45, 2.75) is 38.6 Å². The van der Waals surface area contributed by atoms with Gasteiger partial charge in [-0.05, 0) is 12.8 Å². The van der Waals surface area contributed by atoms with E-state index in [0.29, 0.717) is 13.1 Å². The van der Waals surface area contributed by atoms with E-state index in [1.54, 1.807) is 0 Å².